The van der Waals surface area contributed by atoms with Crippen LogP contribution in [0.25, 0.3) is 11.4 Å². The molecule has 8 heteroatoms. The van der Waals surface area contributed by atoms with Crippen LogP contribution in [0.1, 0.15) is 29.4 Å². The van der Waals surface area contributed by atoms with E-state index in [1.165, 1.54) is 5.56 Å². The summed E-state index contributed by atoms with van der Waals surface area (Å²) in [6, 6.07) is 9.61. The van der Waals surface area contributed by atoms with E-state index < -0.39 is 0 Å². The highest BCUT2D eigenvalue weighted by molar-refractivity contribution is 6.00. The van der Waals surface area contributed by atoms with Gasteiger partial charge in [-0.1, -0.05) is 11.2 Å². The Bertz CT molecular complexity index is 1140. The van der Waals surface area contributed by atoms with Crippen LogP contribution in [-0.2, 0) is 9.59 Å². The number of anilines is 1. The van der Waals surface area contributed by atoms with Crippen molar-refractivity contribution in [1.82, 2.24) is 20.0 Å². The van der Waals surface area contributed by atoms with Gasteiger partial charge < -0.3 is 14.3 Å². The highest BCUT2D eigenvalue weighted by Gasteiger charge is 2.42. The summed E-state index contributed by atoms with van der Waals surface area (Å²) in [5, 5.41) is 4.03. The zero-order valence-corrected chi connectivity index (χ0v) is 17.5. The molecule has 31 heavy (non-hydrogen) atoms. The Morgan fingerprint density at radius 2 is 1.84 bits per heavy atom. The van der Waals surface area contributed by atoms with Crippen molar-refractivity contribution >= 4 is 17.5 Å². The first-order valence-corrected chi connectivity index (χ1v) is 10.4. The zero-order chi connectivity index (χ0) is 21.5. The normalized spacial score (nSPS) is 19.0. The van der Waals surface area contributed by atoms with Crippen molar-refractivity contribution in [3.05, 3.63) is 59.7 Å². The second-order valence-corrected chi connectivity index (χ2v) is 8.31. The maximum atomic E-state index is 12.9. The van der Waals surface area contributed by atoms with E-state index in [4.69, 9.17) is 4.52 Å². The van der Waals surface area contributed by atoms with Gasteiger partial charge in [-0.15, -0.1) is 0 Å². The van der Waals surface area contributed by atoms with Crippen LogP contribution in [0.4, 0.5) is 5.69 Å². The molecule has 0 bridgehead atoms. The number of carbonyl (C=O) groups is 2. The van der Waals surface area contributed by atoms with Crippen molar-refractivity contribution in [3.8, 4) is 11.4 Å². The second kappa shape index (κ2) is 7.61. The number of likely N-dealkylation sites (tertiary alicyclic amines) is 1. The SMILES string of the molecule is Cc1ccc(N2CC(C(=O)N3CC(c4nc(-c5ccncc5)no4)C3)CC2=O)cc1C. The van der Waals surface area contributed by atoms with E-state index in [0.29, 0.717) is 31.3 Å². The average molecular weight is 417 g/mol. The number of rotatable bonds is 4. The molecule has 158 valence electrons. The molecule has 0 aliphatic carbocycles. The minimum Gasteiger partial charge on any atom is -0.341 e. The van der Waals surface area contributed by atoms with Crippen molar-refractivity contribution in [3.63, 3.8) is 0 Å². The van der Waals surface area contributed by atoms with Gasteiger partial charge in [0.25, 0.3) is 0 Å². The Balaban J connectivity index is 1.20. The third-order valence-corrected chi connectivity index (χ3v) is 6.20. The first-order valence-electron chi connectivity index (χ1n) is 10.4. The minimum absolute atomic E-state index is 0.00225. The average Bonchev–Trinajstić information content (AvgIpc) is 3.37. The topological polar surface area (TPSA) is 92.4 Å². The fraction of sp³-hybridized carbons (Fsp3) is 0.348. The van der Waals surface area contributed by atoms with Crippen LogP contribution < -0.4 is 4.90 Å². The number of hydrogen-bond donors (Lipinski definition) is 0. The van der Waals surface area contributed by atoms with Gasteiger partial charge in [0.2, 0.25) is 23.5 Å². The van der Waals surface area contributed by atoms with Gasteiger partial charge >= 0.3 is 0 Å². The van der Waals surface area contributed by atoms with Crippen LogP contribution in [0.15, 0.2) is 47.2 Å². The molecule has 1 atom stereocenters. The molecule has 0 N–H and O–H groups in total. The van der Waals surface area contributed by atoms with E-state index in [1.54, 1.807) is 22.2 Å². The first-order chi connectivity index (χ1) is 15.0. The number of aryl methyl sites for hydroxylation is 2. The number of benzene rings is 1. The van der Waals surface area contributed by atoms with Crippen molar-refractivity contribution in [1.29, 1.82) is 0 Å². The summed E-state index contributed by atoms with van der Waals surface area (Å²) in [6.07, 6.45) is 3.61. The number of aromatic nitrogens is 3. The van der Waals surface area contributed by atoms with Crippen LogP contribution in [0.2, 0.25) is 0 Å². The van der Waals surface area contributed by atoms with Gasteiger partial charge in [0.1, 0.15) is 0 Å². The summed E-state index contributed by atoms with van der Waals surface area (Å²) in [6.45, 7) is 5.56. The number of amides is 2. The summed E-state index contributed by atoms with van der Waals surface area (Å²) >= 11 is 0. The van der Waals surface area contributed by atoms with Crippen LogP contribution >= 0.6 is 0 Å². The largest absolute Gasteiger partial charge is 0.341 e. The maximum absolute atomic E-state index is 12.9. The highest BCUT2D eigenvalue weighted by atomic mass is 16.5. The van der Waals surface area contributed by atoms with E-state index >= 15 is 0 Å². The van der Waals surface area contributed by atoms with E-state index in [-0.39, 0.29) is 30.1 Å². The van der Waals surface area contributed by atoms with Gasteiger partial charge in [-0.25, -0.2) is 0 Å². The van der Waals surface area contributed by atoms with Gasteiger partial charge in [0, 0.05) is 49.7 Å². The lowest BCUT2D eigenvalue weighted by Gasteiger charge is -2.38. The Morgan fingerprint density at radius 1 is 1.06 bits per heavy atom. The van der Waals surface area contributed by atoms with Crippen molar-refractivity contribution in [2.24, 2.45) is 5.92 Å². The third kappa shape index (κ3) is 3.58. The second-order valence-electron chi connectivity index (χ2n) is 8.31. The lowest BCUT2D eigenvalue weighted by molar-refractivity contribution is -0.140. The van der Waals surface area contributed by atoms with E-state index in [1.807, 2.05) is 44.2 Å². The zero-order valence-electron chi connectivity index (χ0n) is 17.5. The molecule has 3 aromatic rings. The first kappa shape index (κ1) is 19.4. The summed E-state index contributed by atoms with van der Waals surface area (Å²) < 4.78 is 5.41. The molecular formula is C23H23N5O3. The molecule has 2 aliphatic heterocycles. The fourth-order valence-corrected chi connectivity index (χ4v) is 4.11. The molecule has 5 rings (SSSR count). The molecular weight excluding hydrogens is 394 g/mol. The van der Waals surface area contributed by atoms with Crippen LogP contribution in [0.3, 0.4) is 0 Å². The standard InChI is InChI=1S/C23H23N5O3/c1-14-3-4-19(9-15(14)2)28-13-17(10-20(28)29)23(30)27-11-18(12-27)22-25-21(26-31-22)16-5-7-24-8-6-16/h3-9,17-18H,10-13H2,1-2H3. The smallest absolute Gasteiger partial charge is 0.233 e. The monoisotopic (exact) mass is 417 g/mol. The quantitative estimate of drug-likeness (QED) is 0.648. The molecule has 1 aromatic carbocycles. The van der Waals surface area contributed by atoms with E-state index in [2.05, 4.69) is 15.1 Å². The summed E-state index contributed by atoms with van der Waals surface area (Å²) in [5.41, 5.74) is 4.02. The number of nitrogens with zero attached hydrogens (tertiary/aromatic N) is 5. The van der Waals surface area contributed by atoms with Gasteiger partial charge in [-0.05, 0) is 49.2 Å². The molecule has 0 radical (unpaired) electrons. The lowest BCUT2D eigenvalue weighted by Crippen LogP contribution is -2.51. The van der Waals surface area contributed by atoms with Gasteiger partial charge in [-0.3, -0.25) is 14.6 Å². The van der Waals surface area contributed by atoms with Gasteiger partial charge in [0.05, 0.1) is 11.8 Å². The van der Waals surface area contributed by atoms with Gasteiger partial charge in [0.15, 0.2) is 0 Å². The van der Waals surface area contributed by atoms with E-state index in [9.17, 15) is 9.59 Å². The molecule has 0 spiro atoms. The third-order valence-electron chi connectivity index (χ3n) is 6.20. The predicted octanol–water partition coefficient (Wildman–Crippen LogP) is 2.73. The van der Waals surface area contributed by atoms with Crippen molar-refractivity contribution in [2.45, 2.75) is 26.2 Å². The molecule has 2 aliphatic rings. The molecule has 2 amide bonds. The summed E-state index contributed by atoms with van der Waals surface area (Å²) in [5.74, 6) is 0.787. The summed E-state index contributed by atoms with van der Waals surface area (Å²) in [4.78, 5) is 37.5. The molecule has 0 saturated carbocycles. The molecule has 2 saturated heterocycles. The van der Waals surface area contributed by atoms with Crippen molar-refractivity contribution in [2.75, 3.05) is 24.5 Å². The number of carbonyl (C=O) groups excluding carboxylic acids is 2. The molecule has 1 unspecified atom stereocenters. The minimum atomic E-state index is -0.315. The predicted molar refractivity (Wildman–Crippen MR) is 113 cm³/mol. The van der Waals surface area contributed by atoms with Crippen LogP contribution in [-0.4, -0.2) is 51.5 Å². The Hall–Kier alpha value is -3.55. The molecule has 4 heterocycles. The van der Waals surface area contributed by atoms with E-state index in [0.717, 1.165) is 16.8 Å². The lowest BCUT2D eigenvalue weighted by atomic mass is 9.96. The highest BCUT2D eigenvalue weighted by Crippen LogP contribution is 2.32. The molecule has 8 nitrogen and oxygen atoms in total. The van der Waals surface area contributed by atoms with Crippen LogP contribution in [0, 0.1) is 19.8 Å². The Morgan fingerprint density at radius 3 is 2.58 bits per heavy atom. The fourth-order valence-electron chi connectivity index (χ4n) is 4.11. The molecule has 2 aromatic heterocycles. The Kier molecular flexibility index (Phi) is 4.77. The van der Waals surface area contributed by atoms with Crippen molar-refractivity contribution < 1.29 is 14.1 Å². The van der Waals surface area contributed by atoms with Gasteiger partial charge in [-0.2, -0.15) is 4.98 Å². The number of hydrogen-bond acceptors (Lipinski definition) is 6. The molecule has 2 fully saturated rings. The summed E-state index contributed by atoms with van der Waals surface area (Å²) in [7, 11) is 0. The maximum Gasteiger partial charge on any atom is 0.233 e. The number of pyridine rings is 1. The Labute approximate surface area is 179 Å². The van der Waals surface area contributed by atoms with Crippen LogP contribution in [0.5, 0.6) is 0 Å².